The quantitative estimate of drug-likeness (QED) is 0.791. The Balaban J connectivity index is 2.50. The minimum absolute atomic E-state index is 0.00782. The van der Waals surface area contributed by atoms with Gasteiger partial charge in [-0.25, -0.2) is 14.6 Å². The highest BCUT2D eigenvalue weighted by Gasteiger charge is 2.34. The minimum atomic E-state index is -4.52. The lowest BCUT2D eigenvalue weighted by atomic mass is 10.4. The van der Waals surface area contributed by atoms with Gasteiger partial charge in [0.25, 0.3) is 0 Å². The molecule has 0 atom stereocenters. The predicted molar refractivity (Wildman–Crippen MR) is 55.7 cm³/mol. The molecule has 0 bridgehead atoms. The van der Waals surface area contributed by atoms with Crippen LogP contribution in [0.5, 0.6) is 5.75 Å². The van der Waals surface area contributed by atoms with Crippen LogP contribution >= 0.6 is 11.6 Å². The van der Waals surface area contributed by atoms with Gasteiger partial charge in [0.2, 0.25) is 11.6 Å². The molecule has 96 valence electrons. The number of alkyl halides is 3. The number of hydrogen-bond donors (Lipinski definition) is 0. The largest absolute Gasteiger partial charge is 0.490 e. The van der Waals surface area contributed by atoms with Crippen LogP contribution in [0, 0.1) is 0 Å². The van der Waals surface area contributed by atoms with Gasteiger partial charge in [0.05, 0.1) is 7.11 Å². The van der Waals surface area contributed by atoms with Crippen molar-refractivity contribution in [3.8, 4) is 11.6 Å². The highest BCUT2D eigenvalue weighted by molar-refractivity contribution is 6.31. The Kier molecular flexibility index (Phi) is 3.12. The molecule has 2 aromatic rings. The predicted octanol–water partition coefficient (Wildman–Crippen LogP) is 2.34. The molecular weight excluding hydrogens is 273 g/mol. The summed E-state index contributed by atoms with van der Waals surface area (Å²) >= 11 is 5.74. The fourth-order valence-corrected chi connectivity index (χ4v) is 1.48. The van der Waals surface area contributed by atoms with Crippen LogP contribution in [0.2, 0.25) is 5.15 Å². The highest BCUT2D eigenvalue weighted by Crippen LogP contribution is 2.30. The second-order valence-corrected chi connectivity index (χ2v) is 3.52. The van der Waals surface area contributed by atoms with E-state index < -0.39 is 11.9 Å². The van der Waals surface area contributed by atoms with Crippen molar-refractivity contribution in [2.24, 2.45) is 0 Å². The van der Waals surface area contributed by atoms with E-state index in [0.29, 0.717) is 0 Å². The topological polar surface area (TPSA) is 52.8 Å². The van der Waals surface area contributed by atoms with Crippen LogP contribution in [0.25, 0.3) is 5.82 Å². The van der Waals surface area contributed by atoms with Crippen LogP contribution in [0.3, 0.4) is 0 Å². The maximum Gasteiger partial charge on any atom is 0.435 e. The minimum Gasteiger partial charge on any atom is -0.490 e. The van der Waals surface area contributed by atoms with Crippen LogP contribution in [0.15, 0.2) is 18.6 Å². The molecule has 0 amide bonds. The first-order chi connectivity index (χ1) is 8.43. The van der Waals surface area contributed by atoms with Gasteiger partial charge in [0.1, 0.15) is 6.33 Å². The molecule has 0 radical (unpaired) electrons. The number of nitrogens with zero attached hydrogens (tertiary/aromatic N) is 4. The normalized spacial score (nSPS) is 11.6. The van der Waals surface area contributed by atoms with E-state index in [4.69, 9.17) is 16.3 Å². The molecular formula is C9H6ClF3N4O. The summed E-state index contributed by atoms with van der Waals surface area (Å²) in [4.78, 5) is 7.45. The lowest BCUT2D eigenvalue weighted by molar-refractivity contribution is -0.141. The van der Waals surface area contributed by atoms with Crippen molar-refractivity contribution < 1.29 is 17.9 Å². The molecule has 0 fully saturated rings. The number of halogens is 4. The van der Waals surface area contributed by atoms with Crippen molar-refractivity contribution in [3.63, 3.8) is 0 Å². The van der Waals surface area contributed by atoms with Gasteiger partial charge in [-0.3, -0.25) is 0 Å². The van der Waals surface area contributed by atoms with Crippen molar-refractivity contribution in [3.05, 3.63) is 29.4 Å². The van der Waals surface area contributed by atoms with Crippen LogP contribution in [0.4, 0.5) is 13.2 Å². The van der Waals surface area contributed by atoms with Gasteiger partial charge in [0.15, 0.2) is 10.8 Å². The van der Waals surface area contributed by atoms with E-state index in [1.165, 1.54) is 7.11 Å². The summed E-state index contributed by atoms with van der Waals surface area (Å²) in [6.07, 6.45) is -2.30. The summed E-state index contributed by atoms with van der Waals surface area (Å²) in [6.45, 7) is 0. The standard InChI is InChI=1S/C9H6ClF3N4O/c1-18-6-7(10)14-4-15-8(6)17-3-2-5(16-17)9(11,12)13/h2-4H,1H3. The zero-order valence-electron chi connectivity index (χ0n) is 8.94. The summed E-state index contributed by atoms with van der Waals surface area (Å²) < 4.78 is 43.1. The van der Waals surface area contributed by atoms with Crippen molar-refractivity contribution in [1.29, 1.82) is 0 Å². The van der Waals surface area contributed by atoms with E-state index in [1.54, 1.807) is 0 Å². The molecule has 0 aliphatic carbocycles. The lowest BCUT2D eigenvalue weighted by Crippen LogP contribution is -2.08. The van der Waals surface area contributed by atoms with Gasteiger partial charge in [-0.2, -0.15) is 18.3 Å². The Labute approximate surface area is 104 Å². The van der Waals surface area contributed by atoms with Crippen LogP contribution in [-0.2, 0) is 6.18 Å². The molecule has 0 saturated heterocycles. The van der Waals surface area contributed by atoms with E-state index in [0.717, 1.165) is 23.3 Å². The van der Waals surface area contributed by atoms with Crippen LogP contribution in [-0.4, -0.2) is 26.9 Å². The molecule has 0 N–H and O–H groups in total. The number of hydrogen-bond acceptors (Lipinski definition) is 4. The number of ether oxygens (including phenoxy) is 1. The Bertz CT molecular complexity index is 569. The third-order valence-electron chi connectivity index (χ3n) is 2.04. The second kappa shape index (κ2) is 4.45. The molecule has 0 aromatic carbocycles. The van der Waals surface area contributed by atoms with Gasteiger partial charge >= 0.3 is 6.18 Å². The average molecular weight is 279 g/mol. The third kappa shape index (κ3) is 2.23. The van der Waals surface area contributed by atoms with Crippen LogP contribution < -0.4 is 4.74 Å². The monoisotopic (exact) mass is 278 g/mol. The molecule has 2 heterocycles. The summed E-state index contributed by atoms with van der Waals surface area (Å²) in [6, 6.07) is 0.829. The Morgan fingerprint density at radius 3 is 2.61 bits per heavy atom. The maximum atomic E-state index is 12.4. The smallest absolute Gasteiger partial charge is 0.435 e. The average Bonchev–Trinajstić information content (AvgIpc) is 2.77. The van der Waals surface area contributed by atoms with Crippen LogP contribution in [0.1, 0.15) is 5.69 Å². The van der Waals surface area contributed by atoms with E-state index in [9.17, 15) is 13.2 Å². The van der Waals surface area contributed by atoms with Crippen molar-refractivity contribution >= 4 is 11.6 Å². The Hall–Kier alpha value is -1.83. The van der Waals surface area contributed by atoms with Gasteiger partial charge in [-0.05, 0) is 6.07 Å². The molecule has 18 heavy (non-hydrogen) atoms. The fraction of sp³-hybridized carbons (Fsp3) is 0.222. The van der Waals surface area contributed by atoms with Gasteiger partial charge in [-0.1, -0.05) is 11.6 Å². The van der Waals surface area contributed by atoms with Gasteiger partial charge in [-0.15, -0.1) is 0 Å². The first-order valence-corrected chi connectivity index (χ1v) is 4.99. The molecule has 0 unspecified atom stereocenters. The summed E-state index contributed by atoms with van der Waals surface area (Å²) in [5, 5.41) is 3.36. The van der Waals surface area contributed by atoms with Crippen molar-refractivity contribution in [1.82, 2.24) is 19.7 Å². The molecule has 2 rings (SSSR count). The maximum absolute atomic E-state index is 12.4. The molecule has 5 nitrogen and oxygen atoms in total. The Morgan fingerprint density at radius 2 is 2.06 bits per heavy atom. The molecule has 2 aromatic heterocycles. The number of methoxy groups -OCH3 is 1. The SMILES string of the molecule is COc1c(Cl)ncnc1-n1ccc(C(F)(F)F)n1. The van der Waals surface area contributed by atoms with E-state index in [2.05, 4.69) is 15.1 Å². The number of rotatable bonds is 2. The Morgan fingerprint density at radius 1 is 1.33 bits per heavy atom. The molecule has 0 aliphatic rings. The van der Waals surface area contributed by atoms with E-state index in [-0.39, 0.29) is 16.7 Å². The highest BCUT2D eigenvalue weighted by atomic mass is 35.5. The fourth-order valence-electron chi connectivity index (χ4n) is 1.28. The first-order valence-electron chi connectivity index (χ1n) is 4.61. The lowest BCUT2D eigenvalue weighted by Gasteiger charge is -2.07. The summed E-state index contributed by atoms with van der Waals surface area (Å²) in [5.41, 5.74) is -1.03. The second-order valence-electron chi connectivity index (χ2n) is 3.16. The molecule has 0 spiro atoms. The zero-order valence-corrected chi connectivity index (χ0v) is 9.70. The zero-order chi connectivity index (χ0) is 13.3. The number of aromatic nitrogens is 4. The summed E-state index contributed by atoms with van der Waals surface area (Å²) in [7, 11) is 1.31. The van der Waals surface area contributed by atoms with E-state index >= 15 is 0 Å². The van der Waals surface area contributed by atoms with Gasteiger partial charge < -0.3 is 4.74 Å². The molecule has 0 saturated carbocycles. The summed E-state index contributed by atoms with van der Waals surface area (Å²) in [5.74, 6) is 0.0870. The third-order valence-corrected chi connectivity index (χ3v) is 2.31. The van der Waals surface area contributed by atoms with Gasteiger partial charge in [0, 0.05) is 6.20 Å². The molecule has 0 aliphatic heterocycles. The van der Waals surface area contributed by atoms with E-state index in [1.807, 2.05) is 0 Å². The first kappa shape index (κ1) is 12.6. The van der Waals surface area contributed by atoms with Crippen molar-refractivity contribution in [2.45, 2.75) is 6.18 Å². The van der Waals surface area contributed by atoms with Crippen molar-refractivity contribution in [2.75, 3.05) is 7.11 Å². The molecule has 9 heteroatoms.